The molecule has 0 aliphatic heterocycles. The van der Waals surface area contributed by atoms with E-state index in [4.69, 9.17) is 27.9 Å². The van der Waals surface area contributed by atoms with Gasteiger partial charge in [-0.1, -0.05) is 47.2 Å². The Labute approximate surface area is 237 Å². The van der Waals surface area contributed by atoms with Crippen LogP contribution in [0.25, 0.3) is 16.9 Å². The highest BCUT2D eigenvalue weighted by atomic mass is 35.5. The fourth-order valence-corrected chi connectivity index (χ4v) is 4.99. The standard InChI is InChI=1S/C27H28Cl2N4O5S/c1-27(2,3)31-26(35)23-25(39(5,36)37)24(18-9-11-19(28)12-10-18)33(32-23)21-13-8-17(15-20(21)29)7-6-14-30-22(34)16-38-4/h8-13,15H,14,16H2,1-5H3,(H,30,34)(H,31,35). The lowest BCUT2D eigenvalue weighted by Gasteiger charge is -2.19. The van der Waals surface area contributed by atoms with Gasteiger partial charge in [-0.2, -0.15) is 5.10 Å². The molecule has 2 amide bonds. The van der Waals surface area contributed by atoms with Crippen LogP contribution >= 0.6 is 23.2 Å². The molecule has 0 unspecified atom stereocenters. The second-order valence-electron chi connectivity index (χ2n) is 9.60. The quantitative estimate of drug-likeness (QED) is 0.403. The number of nitrogens with zero attached hydrogens (tertiary/aromatic N) is 2. The van der Waals surface area contributed by atoms with Gasteiger partial charge in [-0.05, 0) is 51.1 Å². The first-order valence-corrected chi connectivity index (χ1v) is 14.3. The third-order valence-corrected chi connectivity index (χ3v) is 6.77. The van der Waals surface area contributed by atoms with Crippen molar-refractivity contribution in [2.24, 2.45) is 0 Å². The summed E-state index contributed by atoms with van der Waals surface area (Å²) in [6.45, 7) is 5.39. The lowest BCUT2D eigenvalue weighted by molar-refractivity contribution is -0.124. The van der Waals surface area contributed by atoms with Crippen molar-refractivity contribution >= 4 is 44.9 Å². The van der Waals surface area contributed by atoms with Gasteiger partial charge < -0.3 is 15.4 Å². The number of nitrogens with one attached hydrogen (secondary N) is 2. The van der Waals surface area contributed by atoms with Crippen LogP contribution < -0.4 is 10.6 Å². The Hall–Kier alpha value is -3.36. The van der Waals surface area contributed by atoms with Gasteiger partial charge in [-0.3, -0.25) is 9.59 Å². The molecule has 1 heterocycles. The van der Waals surface area contributed by atoms with Gasteiger partial charge in [0.25, 0.3) is 5.91 Å². The first-order chi connectivity index (χ1) is 18.2. The number of rotatable bonds is 7. The van der Waals surface area contributed by atoms with Crippen LogP contribution in [-0.2, 0) is 19.4 Å². The number of aromatic nitrogens is 2. The van der Waals surface area contributed by atoms with Gasteiger partial charge in [0.05, 0.1) is 22.9 Å². The molecule has 39 heavy (non-hydrogen) atoms. The van der Waals surface area contributed by atoms with Gasteiger partial charge in [0.1, 0.15) is 11.5 Å². The molecule has 0 aliphatic carbocycles. The zero-order chi connectivity index (χ0) is 29.0. The molecule has 0 atom stereocenters. The van der Waals surface area contributed by atoms with Crippen molar-refractivity contribution in [3.8, 4) is 28.8 Å². The summed E-state index contributed by atoms with van der Waals surface area (Å²) in [5, 5.41) is 10.5. The largest absolute Gasteiger partial charge is 0.375 e. The highest BCUT2D eigenvalue weighted by Gasteiger charge is 2.32. The summed E-state index contributed by atoms with van der Waals surface area (Å²) in [5.74, 6) is 4.79. The van der Waals surface area contributed by atoms with Crippen LogP contribution in [0.1, 0.15) is 36.8 Å². The predicted octanol–water partition coefficient (Wildman–Crippen LogP) is 3.89. The normalized spacial score (nSPS) is 11.5. The molecule has 2 aromatic carbocycles. The molecule has 0 radical (unpaired) electrons. The molecule has 12 heteroatoms. The molecule has 0 bridgehead atoms. The first-order valence-electron chi connectivity index (χ1n) is 11.7. The van der Waals surface area contributed by atoms with E-state index in [0.29, 0.717) is 21.8 Å². The monoisotopic (exact) mass is 590 g/mol. The Kier molecular flexibility index (Phi) is 9.46. The number of ether oxygens (including phenoxy) is 1. The van der Waals surface area contributed by atoms with Crippen molar-refractivity contribution in [2.45, 2.75) is 31.2 Å². The summed E-state index contributed by atoms with van der Waals surface area (Å²) in [6.07, 6.45) is 1.02. The number of benzene rings is 2. The second kappa shape index (κ2) is 12.2. The van der Waals surface area contributed by atoms with Crippen molar-refractivity contribution in [1.82, 2.24) is 20.4 Å². The van der Waals surface area contributed by atoms with Crippen molar-refractivity contribution in [3.05, 3.63) is 63.8 Å². The molecule has 0 spiro atoms. The van der Waals surface area contributed by atoms with Gasteiger partial charge in [-0.25, -0.2) is 13.1 Å². The highest BCUT2D eigenvalue weighted by Crippen LogP contribution is 2.35. The van der Waals surface area contributed by atoms with Crippen molar-refractivity contribution in [1.29, 1.82) is 0 Å². The number of halogens is 2. The van der Waals surface area contributed by atoms with Gasteiger partial charge in [0.15, 0.2) is 15.5 Å². The van der Waals surface area contributed by atoms with E-state index in [-0.39, 0.29) is 40.4 Å². The molecular weight excluding hydrogens is 563 g/mol. The van der Waals surface area contributed by atoms with E-state index in [9.17, 15) is 18.0 Å². The topological polar surface area (TPSA) is 119 Å². The van der Waals surface area contributed by atoms with E-state index >= 15 is 0 Å². The summed E-state index contributed by atoms with van der Waals surface area (Å²) < 4.78 is 32.2. The highest BCUT2D eigenvalue weighted by molar-refractivity contribution is 7.91. The minimum Gasteiger partial charge on any atom is -0.375 e. The maximum atomic E-state index is 13.2. The summed E-state index contributed by atoms with van der Waals surface area (Å²) in [5.41, 5.74) is 0.615. The van der Waals surface area contributed by atoms with Gasteiger partial charge >= 0.3 is 0 Å². The average Bonchev–Trinajstić information content (AvgIpc) is 3.23. The molecule has 0 fully saturated rings. The SMILES string of the molecule is COCC(=O)NCC#Cc1ccc(-n2nc(C(=O)NC(C)(C)C)c(S(C)(=O)=O)c2-c2ccc(Cl)cc2)c(Cl)c1. The summed E-state index contributed by atoms with van der Waals surface area (Å²) in [7, 11) is -2.52. The maximum absolute atomic E-state index is 13.2. The van der Waals surface area contributed by atoms with E-state index < -0.39 is 21.3 Å². The molecule has 206 valence electrons. The Bertz CT molecular complexity index is 1560. The Morgan fingerprint density at radius 2 is 1.77 bits per heavy atom. The van der Waals surface area contributed by atoms with Gasteiger partial charge in [0.2, 0.25) is 5.91 Å². The lowest BCUT2D eigenvalue weighted by Crippen LogP contribution is -2.41. The van der Waals surface area contributed by atoms with Crippen LogP contribution in [0, 0.1) is 11.8 Å². The van der Waals surface area contributed by atoms with Crippen LogP contribution in [0.2, 0.25) is 10.0 Å². The molecule has 2 N–H and O–H groups in total. The molecule has 3 aromatic rings. The minimum atomic E-state index is -3.94. The van der Waals surface area contributed by atoms with E-state index in [1.165, 1.54) is 11.8 Å². The van der Waals surface area contributed by atoms with Crippen molar-refractivity contribution in [3.63, 3.8) is 0 Å². The average molecular weight is 592 g/mol. The number of carbonyl (C=O) groups is 2. The number of hydrogen-bond donors (Lipinski definition) is 2. The van der Waals surface area contributed by atoms with Crippen LogP contribution in [0.3, 0.4) is 0 Å². The molecule has 3 rings (SSSR count). The van der Waals surface area contributed by atoms with Crippen LogP contribution in [0.4, 0.5) is 0 Å². The Balaban J connectivity index is 2.16. The predicted molar refractivity (Wildman–Crippen MR) is 151 cm³/mol. The van der Waals surface area contributed by atoms with Crippen LogP contribution in [0.15, 0.2) is 47.4 Å². The van der Waals surface area contributed by atoms with Crippen LogP contribution in [-0.4, -0.2) is 62.1 Å². The van der Waals surface area contributed by atoms with E-state index in [0.717, 1.165) is 6.26 Å². The molecule has 1 aromatic heterocycles. The first kappa shape index (κ1) is 30.2. The zero-order valence-electron chi connectivity index (χ0n) is 22.1. The Morgan fingerprint density at radius 3 is 2.33 bits per heavy atom. The molecular formula is C27H28Cl2N4O5S. The number of sulfone groups is 1. The third-order valence-electron chi connectivity index (χ3n) is 5.09. The third kappa shape index (κ3) is 7.83. The van der Waals surface area contributed by atoms with Crippen molar-refractivity contribution < 1.29 is 22.7 Å². The minimum absolute atomic E-state index is 0.0622. The van der Waals surface area contributed by atoms with Crippen LogP contribution in [0.5, 0.6) is 0 Å². The van der Waals surface area contributed by atoms with E-state index in [1.54, 1.807) is 63.2 Å². The van der Waals surface area contributed by atoms with Gasteiger partial charge in [0, 0.05) is 35.1 Å². The Morgan fingerprint density at radius 1 is 1.10 bits per heavy atom. The second-order valence-corrected chi connectivity index (χ2v) is 12.4. The maximum Gasteiger partial charge on any atom is 0.273 e. The summed E-state index contributed by atoms with van der Waals surface area (Å²) >= 11 is 12.7. The number of hydrogen-bond acceptors (Lipinski definition) is 6. The van der Waals surface area contributed by atoms with Gasteiger partial charge in [-0.15, -0.1) is 0 Å². The van der Waals surface area contributed by atoms with E-state index in [1.807, 2.05) is 0 Å². The summed E-state index contributed by atoms with van der Waals surface area (Å²) in [4.78, 5) is 24.5. The molecule has 0 saturated carbocycles. The fourth-order valence-electron chi connectivity index (χ4n) is 3.57. The summed E-state index contributed by atoms with van der Waals surface area (Å²) in [6, 6.07) is 11.4. The lowest BCUT2D eigenvalue weighted by atomic mass is 10.1. The smallest absolute Gasteiger partial charge is 0.273 e. The number of amides is 2. The number of methoxy groups -OCH3 is 1. The zero-order valence-corrected chi connectivity index (χ0v) is 24.4. The molecule has 9 nitrogen and oxygen atoms in total. The molecule has 0 aliphatic rings. The van der Waals surface area contributed by atoms with Crippen molar-refractivity contribution in [2.75, 3.05) is 26.5 Å². The molecule has 0 saturated heterocycles. The number of carbonyl (C=O) groups excluding carboxylic acids is 2. The van der Waals surface area contributed by atoms with E-state index in [2.05, 4.69) is 27.6 Å². The fraction of sp³-hybridized carbons (Fsp3) is 0.296.